The van der Waals surface area contributed by atoms with Crippen LogP contribution in [0.2, 0.25) is 0 Å². The first kappa shape index (κ1) is 55.2. The van der Waals surface area contributed by atoms with Crippen molar-refractivity contribution in [2.75, 3.05) is 49.8 Å². The number of carbonyl (C=O) groups excluding carboxylic acids is 7. The standard InChI is InChI=1S/C52H74N4O14/c1-28-43-31(17-20-37(58)65-10)48(3,4)35(54-43)25-34-30(16-19-36(57)64-9)50(6,26-41(62)69-14)46(53-34)29(2)44-32(18-21-38(59)66-11)51(7,27-42(63)70-15)52(8,56-44)47-33(24-40(61)68-13)49(5,45(28)55-47)23-22-39(60)67-12/h25,30-33,47,53H,16-24,26-27H2,1-15H3/b34-25-,43-28?,46-29-/t30-,31-,32-,33+,47?,49-,50+,51+,52+/m1/s1. The van der Waals surface area contributed by atoms with Gasteiger partial charge in [-0.1, -0.05) is 34.6 Å². The summed E-state index contributed by atoms with van der Waals surface area (Å²) in [5.74, 6) is -5.67. The molecule has 1 fully saturated rings. The lowest BCUT2D eigenvalue weighted by molar-refractivity contribution is -0.147. The molecule has 0 amide bonds. The summed E-state index contributed by atoms with van der Waals surface area (Å²) < 4.78 is 36.8. The number of ether oxygens (including phenoxy) is 7. The Hall–Kier alpha value is -5.68. The largest absolute Gasteiger partial charge is 0.469 e. The third-order valence-electron chi connectivity index (χ3n) is 16.8. The Balaban J connectivity index is 2.05. The minimum Gasteiger partial charge on any atom is -0.469 e. The summed E-state index contributed by atoms with van der Waals surface area (Å²) in [4.78, 5) is 111. The van der Waals surface area contributed by atoms with Crippen LogP contribution in [0, 0.1) is 45.3 Å². The van der Waals surface area contributed by atoms with Gasteiger partial charge in [-0.2, -0.15) is 0 Å². The molecule has 5 heterocycles. The lowest BCUT2D eigenvalue weighted by Gasteiger charge is -2.48. The number of fused-ring (bicyclic) bond motifs is 6. The Morgan fingerprint density at radius 3 is 1.60 bits per heavy atom. The second-order valence-electron chi connectivity index (χ2n) is 20.7. The van der Waals surface area contributed by atoms with Crippen molar-refractivity contribution in [2.45, 2.75) is 138 Å². The van der Waals surface area contributed by atoms with E-state index in [9.17, 15) is 33.6 Å². The molecule has 18 nitrogen and oxygen atoms in total. The van der Waals surface area contributed by atoms with Gasteiger partial charge in [0.05, 0.1) is 80.6 Å². The molecule has 8 bridgehead atoms. The molecule has 1 N–H and O–H groups in total. The van der Waals surface area contributed by atoms with Crippen LogP contribution in [0.15, 0.2) is 49.3 Å². The number of hydrogen-bond donors (Lipinski definition) is 1. The zero-order chi connectivity index (χ0) is 52.3. The average molecular weight is 979 g/mol. The van der Waals surface area contributed by atoms with Crippen LogP contribution in [-0.4, -0.2) is 120 Å². The predicted molar refractivity (Wildman–Crippen MR) is 258 cm³/mol. The minimum absolute atomic E-state index is 0.0103. The first-order valence-corrected chi connectivity index (χ1v) is 24.0. The second-order valence-corrected chi connectivity index (χ2v) is 20.7. The van der Waals surface area contributed by atoms with Gasteiger partial charge in [0, 0.05) is 105 Å². The minimum atomic E-state index is -1.37. The van der Waals surface area contributed by atoms with Gasteiger partial charge in [-0.3, -0.25) is 48.5 Å². The number of aliphatic imine (C=N–C) groups is 3. The van der Waals surface area contributed by atoms with Gasteiger partial charge >= 0.3 is 41.8 Å². The Kier molecular flexibility index (Phi) is 16.9. The molecule has 5 aliphatic heterocycles. The molecule has 0 spiro atoms. The summed E-state index contributed by atoms with van der Waals surface area (Å²) in [5, 5.41) is 3.73. The Labute approximate surface area is 411 Å². The lowest BCUT2D eigenvalue weighted by Crippen LogP contribution is -2.55. The van der Waals surface area contributed by atoms with Gasteiger partial charge in [0.2, 0.25) is 0 Å². The molecule has 0 aromatic rings. The van der Waals surface area contributed by atoms with E-state index in [1.165, 1.54) is 49.8 Å². The van der Waals surface area contributed by atoms with Crippen LogP contribution < -0.4 is 5.32 Å². The van der Waals surface area contributed by atoms with Crippen LogP contribution in [-0.2, 0) is 66.7 Å². The monoisotopic (exact) mass is 979 g/mol. The third-order valence-corrected chi connectivity index (χ3v) is 16.8. The van der Waals surface area contributed by atoms with Gasteiger partial charge in [-0.15, -0.1) is 0 Å². The van der Waals surface area contributed by atoms with Crippen LogP contribution in [0.1, 0.15) is 126 Å². The molecule has 1 saturated heterocycles. The van der Waals surface area contributed by atoms with Crippen molar-refractivity contribution in [3.63, 3.8) is 0 Å². The van der Waals surface area contributed by atoms with Gasteiger partial charge in [-0.05, 0) is 63.7 Å². The normalized spacial score (nSPS) is 32.4. The molecule has 70 heavy (non-hydrogen) atoms. The smallest absolute Gasteiger partial charge is 0.306 e. The fourth-order valence-electron chi connectivity index (χ4n) is 12.3. The molecule has 0 aromatic heterocycles. The average Bonchev–Trinajstić information content (AvgIpc) is 3.95. The summed E-state index contributed by atoms with van der Waals surface area (Å²) in [7, 11) is 9.21. The maximum atomic E-state index is 14.0. The van der Waals surface area contributed by atoms with Crippen LogP contribution in [0.5, 0.6) is 0 Å². The van der Waals surface area contributed by atoms with Crippen LogP contribution in [0.3, 0.4) is 0 Å². The number of nitrogens with one attached hydrogen (secondary N) is 1. The molecule has 0 saturated carbocycles. The van der Waals surface area contributed by atoms with E-state index in [1.807, 2.05) is 47.6 Å². The van der Waals surface area contributed by atoms with Crippen molar-refractivity contribution < 1.29 is 66.7 Å². The number of esters is 7. The summed E-state index contributed by atoms with van der Waals surface area (Å²) in [6.07, 6.45) is 2.42. The van der Waals surface area contributed by atoms with E-state index in [1.54, 1.807) is 0 Å². The van der Waals surface area contributed by atoms with Crippen molar-refractivity contribution >= 4 is 58.9 Å². The number of methoxy groups -OCH3 is 7. The molecule has 9 atom stereocenters. The Bertz CT molecular complexity index is 2340. The highest BCUT2D eigenvalue weighted by atomic mass is 16.5. The first-order chi connectivity index (χ1) is 32.8. The maximum absolute atomic E-state index is 14.0. The lowest BCUT2D eigenvalue weighted by atomic mass is 9.55. The number of allylic oxidation sites excluding steroid dienone is 6. The summed E-state index contributed by atoms with van der Waals surface area (Å²) in [6.45, 7) is 15.7. The van der Waals surface area contributed by atoms with Gasteiger partial charge in [0.15, 0.2) is 0 Å². The summed E-state index contributed by atoms with van der Waals surface area (Å²) >= 11 is 0. The molecule has 5 aliphatic rings. The summed E-state index contributed by atoms with van der Waals surface area (Å²) in [5.41, 5.74) is -0.483. The first-order valence-electron chi connectivity index (χ1n) is 24.0. The molecule has 386 valence electrons. The highest BCUT2D eigenvalue weighted by Gasteiger charge is 2.66. The second kappa shape index (κ2) is 21.4. The van der Waals surface area contributed by atoms with Gasteiger partial charge in [-0.25, -0.2) is 0 Å². The van der Waals surface area contributed by atoms with E-state index in [0.29, 0.717) is 51.8 Å². The number of hydrogen-bond acceptors (Lipinski definition) is 18. The van der Waals surface area contributed by atoms with E-state index in [2.05, 4.69) is 19.2 Å². The maximum Gasteiger partial charge on any atom is 0.306 e. The fraction of sp³-hybridized carbons (Fsp3) is 0.692. The quantitative estimate of drug-likeness (QED) is 0.113. The number of carbonyl (C=O) groups is 7. The Morgan fingerprint density at radius 1 is 0.586 bits per heavy atom. The van der Waals surface area contributed by atoms with Gasteiger partial charge in [0.1, 0.15) is 0 Å². The molecular weight excluding hydrogens is 905 g/mol. The zero-order valence-electron chi connectivity index (χ0n) is 43.8. The predicted octanol–water partition coefficient (Wildman–Crippen LogP) is 6.54. The van der Waals surface area contributed by atoms with Crippen LogP contribution >= 0.6 is 0 Å². The zero-order valence-corrected chi connectivity index (χ0v) is 43.8. The van der Waals surface area contributed by atoms with Crippen molar-refractivity contribution in [1.29, 1.82) is 0 Å². The van der Waals surface area contributed by atoms with E-state index in [-0.39, 0.29) is 64.2 Å². The van der Waals surface area contributed by atoms with E-state index in [0.717, 1.165) is 0 Å². The van der Waals surface area contributed by atoms with E-state index in [4.69, 9.17) is 48.1 Å². The molecular formula is C52H74N4O14. The molecule has 0 radical (unpaired) electrons. The number of nitrogens with zero attached hydrogens (tertiary/aromatic N) is 3. The Morgan fingerprint density at radius 2 is 1.07 bits per heavy atom. The van der Waals surface area contributed by atoms with E-state index < -0.39 is 98.7 Å². The van der Waals surface area contributed by atoms with Crippen molar-refractivity contribution in [3.8, 4) is 0 Å². The SMILES string of the molecule is COC(=O)CC[C@@H]1C2=C(C)C3=NC([C@H](CC(=O)OC)[C@@]3(C)CCC(=O)OC)[C@]3(C)N=C(/C(C)=C4\N/C(=C\C(=N2)C1(C)C)[C@@H](CCC(=O)OC)[C@]4(C)CC(=O)OC)[C@@H](CCC(=O)OC)[C@]3(C)CC(=O)OC. The van der Waals surface area contributed by atoms with Gasteiger partial charge < -0.3 is 38.5 Å². The van der Waals surface area contributed by atoms with Crippen LogP contribution in [0.25, 0.3) is 0 Å². The highest BCUT2D eigenvalue weighted by molar-refractivity contribution is 6.10. The molecule has 0 aliphatic carbocycles. The van der Waals surface area contributed by atoms with Crippen molar-refractivity contribution in [3.05, 3.63) is 34.3 Å². The molecule has 5 rings (SSSR count). The molecule has 0 aromatic carbocycles. The van der Waals surface area contributed by atoms with Crippen molar-refractivity contribution in [2.24, 2.45) is 60.3 Å². The summed E-state index contributed by atoms with van der Waals surface area (Å²) in [6, 6.07) is -0.888. The van der Waals surface area contributed by atoms with Crippen molar-refractivity contribution in [1.82, 2.24) is 5.32 Å². The van der Waals surface area contributed by atoms with Crippen LogP contribution in [0.4, 0.5) is 0 Å². The fourth-order valence-corrected chi connectivity index (χ4v) is 12.3. The molecule has 18 heteroatoms. The topological polar surface area (TPSA) is 233 Å². The van der Waals surface area contributed by atoms with Gasteiger partial charge in [0.25, 0.3) is 0 Å². The number of rotatable bonds is 18. The third kappa shape index (κ3) is 9.97. The van der Waals surface area contributed by atoms with E-state index >= 15 is 0 Å². The highest BCUT2D eigenvalue weighted by Crippen LogP contribution is 2.62. The molecule has 1 unspecified atom stereocenters.